The molecule has 0 spiro atoms. The van der Waals surface area contributed by atoms with Gasteiger partial charge in [0, 0.05) is 211 Å². The molecule has 0 unspecified atom stereocenters. The number of nitrogens with one attached hydrogen (secondary N) is 9. The standard InChI is InChI=1S/C27H24N8S.C26H22N8S.2C24H20N8S/c1-2-6-35(7-3-1)16-17-9-18(12-28-11-17)19-10-20-25(33-34-26(20)30-13-19)27-31-22-15-29-14-21(24(22)32-27)23-5-4-8-36-23;1-2-6-34(5-1)15-16-8-17(11-27-10-16)18-9-19-24(32-33-25(19)29-12-18)26-30-21-14-28-13-20(23(21)31-26)22-4-3-7-35-22;1-32(2)13-14-6-15(9-25-8-14)16-7-17-22(30-31-23(17)27-10-16)24-28-19-12-26-11-18(21(19)29-24)20-4-3-5-33-20;1-13(2)28-16-6-14(8-25-10-16)15-7-17-22(31-32-23(17)27-9-15)24-29-19-12-26-11-18(21(19)30-24)20-4-3-5-33-20/h4-5,8-15H,1-3,6-7,16H2,(H,31,32)(H,30,33,34);3-4,7-14H,1-2,5-6,15H2,(H,30,31)(H,29,32,33);3-12H,13H2,1-2H3,(H,28,29)(H,27,30,31);3-13,28H,1-2H3,(H,29,30)(H,27,31,32). The summed E-state index contributed by atoms with van der Waals surface area (Å²) in [6.07, 6.45) is 43.7. The van der Waals surface area contributed by atoms with Crippen molar-refractivity contribution in [2.75, 3.05) is 45.6 Å². The predicted octanol–water partition coefficient (Wildman–Crippen LogP) is 21.2. The van der Waals surface area contributed by atoms with Gasteiger partial charge in [-0.1, -0.05) is 30.7 Å². The molecule has 0 bridgehead atoms. The van der Waals surface area contributed by atoms with Gasteiger partial charge in [0.15, 0.2) is 45.9 Å². The zero-order valence-corrected chi connectivity index (χ0v) is 77.8. The van der Waals surface area contributed by atoms with Gasteiger partial charge in [0.05, 0.1) is 74.1 Å². The number of thiophene rings is 4. The molecule has 0 aromatic carbocycles. The third-order valence-corrected chi connectivity index (χ3v) is 27.8. The molecule has 32 nitrogen and oxygen atoms in total. The number of aromatic amines is 8. The molecule has 0 saturated carbocycles. The zero-order valence-electron chi connectivity index (χ0n) is 74.6. The number of fused-ring (bicyclic) bond motifs is 8. The third kappa shape index (κ3) is 17.7. The highest BCUT2D eigenvalue weighted by Gasteiger charge is 2.25. The Morgan fingerprint density at radius 2 is 0.620 bits per heavy atom. The Balaban J connectivity index is 0.000000103. The Morgan fingerprint density at radius 3 is 0.934 bits per heavy atom. The fraction of sp³-hybridized carbons (Fsp3) is 0.168. The Morgan fingerprint density at radius 1 is 0.328 bits per heavy atom. The van der Waals surface area contributed by atoms with Crippen molar-refractivity contribution >= 4 is 139 Å². The van der Waals surface area contributed by atoms with E-state index in [0.29, 0.717) is 51.9 Å². The molecule has 24 aromatic heterocycles. The number of pyridine rings is 12. The number of rotatable bonds is 20. The lowest BCUT2D eigenvalue weighted by atomic mass is 10.1. The van der Waals surface area contributed by atoms with Gasteiger partial charge in [0.2, 0.25) is 0 Å². The lowest BCUT2D eigenvalue weighted by Gasteiger charge is -2.26. The predicted molar refractivity (Wildman–Crippen MR) is 543 cm³/mol. The first-order valence-corrected chi connectivity index (χ1v) is 48.5. The number of piperidine rings is 1. The van der Waals surface area contributed by atoms with Crippen LogP contribution in [0.1, 0.15) is 62.6 Å². The van der Waals surface area contributed by atoms with E-state index in [2.05, 4.69) is 249 Å². The Hall–Kier alpha value is -16.0. The number of hydrogen-bond donors (Lipinski definition) is 9. The Bertz CT molecular complexity index is 8180. The molecule has 0 amide bonds. The van der Waals surface area contributed by atoms with Crippen LogP contribution >= 0.6 is 45.3 Å². The average molecular weight is 1880 g/mol. The number of H-pyrrole nitrogens is 8. The van der Waals surface area contributed by atoms with Gasteiger partial charge in [0.25, 0.3) is 0 Å². The number of imidazole rings is 4. The first kappa shape index (κ1) is 85.2. The summed E-state index contributed by atoms with van der Waals surface area (Å²) in [5, 5.41) is 45.4. The van der Waals surface area contributed by atoms with Gasteiger partial charge in [-0.25, -0.2) is 39.9 Å². The minimum atomic E-state index is 0.324. The molecule has 674 valence electrons. The van der Waals surface area contributed by atoms with Crippen LogP contribution in [0.5, 0.6) is 0 Å². The maximum Gasteiger partial charge on any atom is 0.181 e. The van der Waals surface area contributed by atoms with Crippen LogP contribution < -0.4 is 5.32 Å². The second-order valence-corrected chi connectivity index (χ2v) is 38.2. The second kappa shape index (κ2) is 37.5. The number of nitrogens with zero attached hydrogens (tertiary/aromatic N) is 23. The highest BCUT2D eigenvalue weighted by Crippen LogP contribution is 2.41. The topological polar surface area (TPSA) is 406 Å². The molecular weight excluding hydrogens is 1790 g/mol. The number of likely N-dealkylation sites (tertiary alicyclic amines) is 2. The molecule has 26 heterocycles. The van der Waals surface area contributed by atoms with Gasteiger partial charge in [-0.2, -0.15) is 20.4 Å². The van der Waals surface area contributed by atoms with Crippen LogP contribution in [-0.4, -0.2) is 201 Å². The van der Waals surface area contributed by atoms with Crippen molar-refractivity contribution in [1.29, 1.82) is 0 Å². The summed E-state index contributed by atoms with van der Waals surface area (Å²) in [5.74, 6) is 2.84. The Kier molecular flexibility index (Phi) is 23.3. The zero-order chi connectivity index (χ0) is 91.8. The van der Waals surface area contributed by atoms with E-state index in [1.165, 1.54) is 43.2 Å². The number of hydrogen-bond acceptors (Lipinski definition) is 28. The molecule has 26 rings (SSSR count). The van der Waals surface area contributed by atoms with Crippen molar-refractivity contribution in [2.45, 2.75) is 71.6 Å². The van der Waals surface area contributed by atoms with Gasteiger partial charge in [-0.05, 0) is 191 Å². The molecular formula is C101H86N32S4. The average Bonchev–Trinajstić information content (AvgIpc) is 1.60. The summed E-state index contributed by atoms with van der Waals surface area (Å²) in [4.78, 5) is 98.8. The molecule has 2 aliphatic rings. The van der Waals surface area contributed by atoms with Crippen LogP contribution in [0.25, 0.3) is 221 Å². The summed E-state index contributed by atoms with van der Waals surface area (Å²) >= 11 is 6.70. The van der Waals surface area contributed by atoms with Crippen molar-refractivity contribution in [3.63, 3.8) is 0 Å². The maximum atomic E-state index is 4.94. The third-order valence-electron chi connectivity index (χ3n) is 24.2. The van der Waals surface area contributed by atoms with E-state index in [4.69, 9.17) is 19.9 Å². The highest BCUT2D eigenvalue weighted by atomic mass is 32.1. The fourth-order valence-electron chi connectivity index (χ4n) is 17.8. The molecule has 2 aliphatic heterocycles. The molecule has 9 N–H and O–H groups in total. The van der Waals surface area contributed by atoms with Gasteiger partial charge in [-0.15, -0.1) is 45.3 Å². The van der Waals surface area contributed by atoms with Crippen LogP contribution in [-0.2, 0) is 19.6 Å². The van der Waals surface area contributed by atoms with Crippen molar-refractivity contribution in [3.05, 3.63) is 259 Å². The fourth-order valence-corrected chi connectivity index (χ4v) is 20.7. The molecule has 24 aromatic rings. The SMILES string of the molecule is CC(C)Nc1cncc(-c2cnc3n[nH]c(-c4nc5c(-c6cccs6)cncc5[nH]4)c3c2)c1.CN(C)Cc1cncc(-c2cnc3n[nH]c(-c4nc5c(-c6cccs6)cncc5[nH]4)c3c2)c1.c1csc(-c2cncc3[nH]c(-c4[nH]nc5ncc(-c6cncc(CN7CCCC7)c6)cc45)nc23)c1.c1csc(-c2cncc3[nH]c(-c4[nH]nc5ncc(-c6cncc(CN7CCCCC7)c6)cc45)nc23)c1. The van der Waals surface area contributed by atoms with E-state index < -0.39 is 0 Å². The van der Waals surface area contributed by atoms with Crippen LogP contribution in [0.4, 0.5) is 5.69 Å². The summed E-state index contributed by atoms with van der Waals surface area (Å²) in [7, 11) is 4.09. The highest BCUT2D eigenvalue weighted by molar-refractivity contribution is 7.14. The molecule has 36 heteroatoms. The van der Waals surface area contributed by atoms with E-state index in [0.717, 1.165) is 232 Å². The monoisotopic (exact) mass is 1870 g/mol. The summed E-state index contributed by atoms with van der Waals surface area (Å²) in [5.41, 5.74) is 29.6. The lowest BCUT2D eigenvalue weighted by molar-refractivity contribution is 0.220. The molecule has 0 aliphatic carbocycles. The van der Waals surface area contributed by atoms with E-state index in [1.807, 2.05) is 150 Å². The van der Waals surface area contributed by atoms with Crippen molar-refractivity contribution in [1.82, 2.24) is 155 Å². The number of aromatic nitrogens is 28. The van der Waals surface area contributed by atoms with E-state index in [-0.39, 0.29) is 0 Å². The normalized spacial score (nSPS) is 13.2. The van der Waals surface area contributed by atoms with Crippen LogP contribution in [0, 0.1) is 0 Å². The molecule has 2 fully saturated rings. The van der Waals surface area contributed by atoms with Gasteiger partial charge < -0.3 is 30.2 Å². The summed E-state index contributed by atoms with van der Waals surface area (Å²) in [6, 6.07) is 33.9. The van der Waals surface area contributed by atoms with Crippen molar-refractivity contribution in [2.24, 2.45) is 0 Å². The number of anilines is 1. The van der Waals surface area contributed by atoms with E-state index in [1.54, 1.807) is 57.7 Å². The maximum absolute atomic E-state index is 4.94. The lowest BCUT2D eigenvalue weighted by Crippen LogP contribution is -2.29. The quantitative estimate of drug-likeness (QED) is 0.0342. The van der Waals surface area contributed by atoms with Gasteiger partial charge in [0.1, 0.15) is 44.8 Å². The Labute approximate surface area is 797 Å². The summed E-state index contributed by atoms with van der Waals surface area (Å²) in [6.45, 7) is 11.6. The molecule has 0 atom stereocenters. The van der Waals surface area contributed by atoms with Crippen molar-refractivity contribution < 1.29 is 0 Å². The van der Waals surface area contributed by atoms with Crippen LogP contribution in [0.3, 0.4) is 0 Å². The first-order chi connectivity index (χ1) is 67.4. The van der Waals surface area contributed by atoms with Gasteiger partial charge >= 0.3 is 0 Å². The second-order valence-electron chi connectivity index (χ2n) is 34.4. The van der Waals surface area contributed by atoms with Crippen molar-refractivity contribution in [3.8, 4) is 132 Å². The van der Waals surface area contributed by atoms with Gasteiger partial charge in [-0.3, -0.25) is 70.1 Å². The van der Waals surface area contributed by atoms with E-state index in [9.17, 15) is 0 Å². The molecule has 0 radical (unpaired) electrons. The smallest absolute Gasteiger partial charge is 0.181 e. The summed E-state index contributed by atoms with van der Waals surface area (Å²) < 4.78 is 0. The minimum absolute atomic E-state index is 0.324. The van der Waals surface area contributed by atoms with Crippen LogP contribution in [0.15, 0.2) is 243 Å². The molecule has 137 heavy (non-hydrogen) atoms. The minimum Gasteiger partial charge on any atom is -0.382 e. The van der Waals surface area contributed by atoms with E-state index >= 15 is 0 Å². The van der Waals surface area contributed by atoms with Crippen LogP contribution in [0.2, 0.25) is 0 Å². The molecule has 2 saturated heterocycles. The largest absolute Gasteiger partial charge is 0.382 e. The first-order valence-electron chi connectivity index (χ1n) is 45.0.